The molecule has 1 N–H and O–H groups in total. The normalized spacial score (nSPS) is 13.0. The van der Waals surface area contributed by atoms with Gasteiger partial charge in [0.1, 0.15) is 18.2 Å². The van der Waals surface area contributed by atoms with E-state index in [1.54, 1.807) is 0 Å². The maximum Gasteiger partial charge on any atom is 0.226 e. The molecule has 1 aromatic carbocycles. The standard InChI is InChI=1S/C15H17N3O3S/c1-2-14-17-18-15(22-14)16-13(19)6-4-10-3-5-11-12(9-10)21-8-7-20-11/h3,5,9H,2,4,6-8H2,1H3,(H,16,18,19). The van der Waals surface area contributed by atoms with Crippen LogP contribution in [-0.2, 0) is 17.6 Å². The van der Waals surface area contributed by atoms with Crippen LogP contribution in [0.4, 0.5) is 5.13 Å². The Balaban J connectivity index is 1.54. The predicted octanol–water partition coefficient (Wildman–Crippen LogP) is 2.44. The molecular formula is C15H17N3O3S. The van der Waals surface area contributed by atoms with E-state index in [9.17, 15) is 4.79 Å². The molecule has 0 bridgehead atoms. The highest BCUT2D eigenvalue weighted by Gasteiger charge is 2.13. The second-order valence-electron chi connectivity index (χ2n) is 4.88. The second-order valence-corrected chi connectivity index (χ2v) is 5.94. The van der Waals surface area contributed by atoms with Crippen molar-refractivity contribution in [2.75, 3.05) is 18.5 Å². The number of benzene rings is 1. The van der Waals surface area contributed by atoms with Gasteiger partial charge in [0.15, 0.2) is 11.5 Å². The van der Waals surface area contributed by atoms with Gasteiger partial charge in [0.2, 0.25) is 11.0 Å². The summed E-state index contributed by atoms with van der Waals surface area (Å²) in [5.41, 5.74) is 1.05. The maximum atomic E-state index is 11.9. The molecule has 116 valence electrons. The van der Waals surface area contributed by atoms with Crippen LogP contribution in [0.5, 0.6) is 11.5 Å². The van der Waals surface area contributed by atoms with E-state index < -0.39 is 0 Å². The number of aromatic nitrogens is 2. The fourth-order valence-electron chi connectivity index (χ4n) is 2.13. The molecule has 7 heteroatoms. The van der Waals surface area contributed by atoms with E-state index in [-0.39, 0.29) is 5.91 Å². The smallest absolute Gasteiger partial charge is 0.226 e. The first-order valence-electron chi connectivity index (χ1n) is 7.25. The molecule has 22 heavy (non-hydrogen) atoms. The molecule has 0 atom stereocenters. The zero-order chi connectivity index (χ0) is 15.4. The number of nitrogens with one attached hydrogen (secondary N) is 1. The topological polar surface area (TPSA) is 73.3 Å². The summed E-state index contributed by atoms with van der Waals surface area (Å²) in [4.78, 5) is 11.9. The summed E-state index contributed by atoms with van der Waals surface area (Å²) >= 11 is 1.41. The lowest BCUT2D eigenvalue weighted by atomic mass is 10.1. The van der Waals surface area contributed by atoms with Gasteiger partial charge in [-0.3, -0.25) is 4.79 Å². The van der Waals surface area contributed by atoms with Crippen molar-refractivity contribution in [3.05, 3.63) is 28.8 Å². The summed E-state index contributed by atoms with van der Waals surface area (Å²) < 4.78 is 11.0. The number of fused-ring (bicyclic) bond motifs is 1. The fraction of sp³-hybridized carbons (Fsp3) is 0.400. The molecule has 0 fully saturated rings. The van der Waals surface area contributed by atoms with Crippen LogP contribution in [0.1, 0.15) is 23.9 Å². The van der Waals surface area contributed by atoms with Crippen LogP contribution in [0, 0.1) is 0 Å². The van der Waals surface area contributed by atoms with E-state index in [1.807, 2.05) is 25.1 Å². The Labute approximate surface area is 132 Å². The monoisotopic (exact) mass is 319 g/mol. The first kappa shape index (κ1) is 14.8. The fourth-order valence-corrected chi connectivity index (χ4v) is 2.83. The Bertz CT molecular complexity index is 672. The van der Waals surface area contributed by atoms with Crippen LogP contribution in [0.3, 0.4) is 0 Å². The van der Waals surface area contributed by atoms with E-state index in [1.165, 1.54) is 11.3 Å². The number of amides is 1. The summed E-state index contributed by atoms with van der Waals surface area (Å²) in [6.45, 7) is 3.15. The van der Waals surface area contributed by atoms with Crippen LogP contribution in [0.2, 0.25) is 0 Å². The highest BCUT2D eigenvalue weighted by atomic mass is 32.1. The number of ether oxygens (including phenoxy) is 2. The minimum atomic E-state index is -0.0614. The molecule has 2 heterocycles. The van der Waals surface area contributed by atoms with Gasteiger partial charge in [-0.25, -0.2) is 0 Å². The van der Waals surface area contributed by atoms with E-state index in [0.29, 0.717) is 31.2 Å². The van der Waals surface area contributed by atoms with Crippen molar-refractivity contribution in [1.29, 1.82) is 0 Å². The van der Waals surface area contributed by atoms with Crippen molar-refractivity contribution >= 4 is 22.4 Å². The van der Waals surface area contributed by atoms with E-state index in [2.05, 4.69) is 15.5 Å². The molecule has 0 radical (unpaired) electrons. The van der Waals surface area contributed by atoms with Crippen LogP contribution in [-0.4, -0.2) is 29.3 Å². The molecule has 0 aliphatic carbocycles. The largest absolute Gasteiger partial charge is 0.486 e. The first-order valence-corrected chi connectivity index (χ1v) is 8.07. The van der Waals surface area contributed by atoms with Gasteiger partial charge >= 0.3 is 0 Å². The van der Waals surface area contributed by atoms with Gasteiger partial charge < -0.3 is 14.8 Å². The molecule has 1 aliphatic heterocycles. The molecule has 2 aromatic rings. The van der Waals surface area contributed by atoms with Gasteiger partial charge in [0, 0.05) is 6.42 Å². The number of aryl methyl sites for hydroxylation is 2. The van der Waals surface area contributed by atoms with Gasteiger partial charge in [-0.2, -0.15) is 0 Å². The lowest BCUT2D eigenvalue weighted by molar-refractivity contribution is -0.116. The van der Waals surface area contributed by atoms with Gasteiger partial charge in [-0.15, -0.1) is 10.2 Å². The van der Waals surface area contributed by atoms with Gasteiger partial charge in [0.25, 0.3) is 0 Å². The van der Waals surface area contributed by atoms with Crippen LogP contribution in [0.15, 0.2) is 18.2 Å². The van der Waals surface area contributed by atoms with Gasteiger partial charge in [0.05, 0.1) is 0 Å². The molecular weight excluding hydrogens is 302 g/mol. The van der Waals surface area contributed by atoms with E-state index in [0.717, 1.165) is 28.5 Å². The van der Waals surface area contributed by atoms with Crippen molar-refractivity contribution < 1.29 is 14.3 Å². The van der Waals surface area contributed by atoms with Gasteiger partial charge in [-0.1, -0.05) is 24.3 Å². The van der Waals surface area contributed by atoms with E-state index in [4.69, 9.17) is 9.47 Å². The minimum Gasteiger partial charge on any atom is -0.486 e. The zero-order valence-corrected chi connectivity index (χ0v) is 13.1. The quantitative estimate of drug-likeness (QED) is 0.916. The summed E-state index contributed by atoms with van der Waals surface area (Å²) in [5.74, 6) is 1.45. The van der Waals surface area contributed by atoms with Crippen molar-refractivity contribution in [3.63, 3.8) is 0 Å². The molecule has 6 nitrogen and oxygen atoms in total. The molecule has 1 aliphatic rings. The number of hydrogen-bond donors (Lipinski definition) is 1. The number of anilines is 1. The van der Waals surface area contributed by atoms with Crippen molar-refractivity contribution in [2.45, 2.75) is 26.2 Å². The molecule has 3 rings (SSSR count). The number of nitrogens with zero attached hydrogens (tertiary/aromatic N) is 2. The summed E-state index contributed by atoms with van der Waals surface area (Å²) in [6.07, 6.45) is 1.85. The Hall–Kier alpha value is -2.15. The molecule has 1 aromatic heterocycles. The number of rotatable bonds is 5. The van der Waals surface area contributed by atoms with Crippen molar-refractivity contribution in [2.24, 2.45) is 0 Å². The van der Waals surface area contributed by atoms with Crippen LogP contribution in [0.25, 0.3) is 0 Å². The molecule has 1 amide bonds. The van der Waals surface area contributed by atoms with Gasteiger partial charge in [-0.05, 0) is 30.5 Å². The minimum absolute atomic E-state index is 0.0614. The predicted molar refractivity (Wildman–Crippen MR) is 83.7 cm³/mol. The number of hydrogen-bond acceptors (Lipinski definition) is 6. The highest BCUT2D eigenvalue weighted by molar-refractivity contribution is 7.15. The average Bonchev–Trinajstić information content (AvgIpc) is 3.00. The number of carbonyl (C=O) groups is 1. The summed E-state index contributed by atoms with van der Waals surface area (Å²) in [5, 5.41) is 12.2. The summed E-state index contributed by atoms with van der Waals surface area (Å²) in [6, 6.07) is 5.78. The van der Waals surface area contributed by atoms with Crippen LogP contribution < -0.4 is 14.8 Å². The lowest BCUT2D eigenvalue weighted by Crippen LogP contribution is -2.15. The first-order chi connectivity index (χ1) is 10.7. The third-order valence-electron chi connectivity index (χ3n) is 3.26. The highest BCUT2D eigenvalue weighted by Crippen LogP contribution is 2.31. The SMILES string of the molecule is CCc1nnc(NC(=O)CCc2ccc3c(c2)OCCO3)s1. The van der Waals surface area contributed by atoms with Crippen LogP contribution >= 0.6 is 11.3 Å². The lowest BCUT2D eigenvalue weighted by Gasteiger charge is -2.18. The number of carbonyl (C=O) groups excluding carboxylic acids is 1. The molecule has 0 unspecified atom stereocenters. The molecule has 0 saturated heterocycles. The van der Waals surface area contributed by atoms with E-state index >= 15 is 0 Å². The third-order valence-corrected chi connectivity index (χ3v) is 4.25. The maximum absolute atomic E-state index is 11.9. The average molecular weight is 319 g/mol. The Morgan fingerprint density at radius 3 is 2.86 bits per heavy atom. The van der Waals surface area contributed by atoms with Crippen molar-refractivity contribution in [3.8, 4) is 11.5 Å². The Kier molecular flexibility index (Phi) is 4.53. The second kappa shape index (κ2) is 6.74. The molecule has 0 spiro atoms. The zero-order valence-electron chi connectivity index (χ0n) is 12.3. The summed E-state index contributed by atoms with van der Waals surface area (Å²) in [7, 11) is 0. The Morgan fingerprint density at radius 1 is 1.27 bits per heavy atom. The third kappa shape index (κ3) is 3.54. The van der Waals surface area contributed by atoms with Crippen molar-refractivity contribution in [1.82, 2.24) is 10.2 Å². The molecule has 0 saturated carbocycles. The Morgan fingerprint density at radius 2 is 2.09 bits per heavy atom.